The smallest absolute Gasteiger partial charge is 0.165 e. The molecule has 0 unspecified atom stereocenters. The summed E-state index contributed by atoms with van der Waals surface area (Å²) in [5.41, 5.74) is 4.93. The highest BCUT2D eigenvalue weighted by Crippen LogP contribution is 2.49. The molecule has 2 N–H and O–H groups in total. The van der Waals surface area contributed by atoms with Gasteiger partial charge in [-0.1, -0.05) is 24.3 Å². The molecule has 1 aliphatic rings. The zero-order valence-electron chi connectivity index (χ0n) is 9.35. The van der Waals surface area contributed by atoms with Gasteiger partial charge < -0.3 is 0 Å². The molecule has 1 aliphatic heterocycles. The molecular formula is C14H15N2+. The molecular weight excluding hydrogens is 196 g/mol. The SMILES string of the molecule is CC[N+]1(N)c2ccccc2-c2ccccc21. The van der Waals surface area contributed by atoms with Gasteiger partial charge in [-0.15, -0.1) is 0 Å². The normalized spacial score (nSPS) is 15.6. The number of benzene rings is 2. The molecule has 0 aromatic heterocycles. The van der Waals surface area contributed by atoms with Crippen molar-refractivity contribution < 1.29 is 0 Å². The maximum Gasteiger partial charge on any atom is 0.165 e. The molecule has 2 heteroatoms. The predicted molar refractivity (Wildman–Crippen MR) is 68.1 cm³/mol. The van der Waals surface area contributed by atoms with Crippen molar-refractivity contribution in [2.24, 2.45) is 5.84 Å². The summed E-state index contributed by atoms with van der Waals surface area (Å²) in [5, 5.41) is 0. The van der Waals surface area contributed by atoms with Gasteiger partial charge in [0.05, 0.1) is 11.1 Å². The van der Waals surface area contributed by atoms with Crippen molar-refractivity contribution >= 4 is 11.4 Å². The zero-order chi connectivity index (χ0) is 11.2. The maximum absolute atomic E-state index is 6.52. The van der Waals surface area contributed by atoms with Gasteiger partial charge in [0.1, 0.15) is 6.54 Å². The molecule has 16 heavy (non-hydrogen) atoms. The van der Waals surface area contributed by atoms with Gasteiger partial charge >= 0.3 is 0 Å². The summed E-state index contributed by atoms with van der Waals surface area (Å²) in [5.74, 6) is 6.52. The van der Waals surface area contributed by atoms with Crippen LogP contribution in [-0.2, 0) is 0 Å². The van der Waals surface area contributed by atoms with Crippen LogP contribution in [0.4, 0.5) is 11.4 Å². The van der Waals surface area contributed by atoms with Crippen molar-refractivity contribution in [3.05, 3.63) is 48.5 Å². The monoisotopic (exact) mass is 211 g/mol. The Hall–Kier alpha value is -1.64. The fraction of sp³-hybridized carbons (Fsp3) is 0.143. The van der Waals surface area contributed by atoms with E-state index in [1.165, 1.54) is 22.5 Å². The Labute approximate surface area is 95.5 Å². The highest BCUT2D eigenvalue weighted by molar-refractivity contribution is 5.93. The van der Waals surface area contributed by atoms with Gasteiger partial charge in [0, 0.05) is 12.1 Å². The number of fused-ring (bicyclic) bond motifs is 3. The maximum atomic E-state index is 6.52. The number of quaternary nitrogens is 1. The second-order valence-corrected chi connectivity index (χ2v) is 4.22. The van der Waals surface area contributed by atoms with E-state index < -0.39 is 0 Å². The van der Waals surface area contributed by atoms with E-state index in [0.717, 1.165) is 6.54 Å². The molecule has 0 aliphatic carbocycles. The summed E-state index contributed by atoms with van der Waals surface area (Å²) in [6, 6.07) is 16.8. The van der Waals surface area contributed by atoms with Crippen LogP contribution in [0.3, 0.4) is 0 Å². The minimum atomic E-state index is 0.423. The molecule has 3 rings (SSSR count). The van der Waals surface area contributed by atoms with Crippen molar-refractivity contribution in [3.8, 4) is 11.1 Å². The van der Waals surface area contributed by atoms with Gasteiger partial charge in [-0.3, -0.25) is 0 Å². The predicted octanol–water partition coefficient (Wildman–Crippen LogP) is 3.20. The lowest BCUT2D eigenvalue weighted by molar-refractivity contribution is 0.428. The van der Waals surface area contributed by atoms with Crippen molar-refractivity contribution in [2.75, 3.05) is 6.54 Å². The zero-order valence-corrected chi connectivity index (χ0v) is 9.35. The first-order valence-corrected chi connectivity index (χ1v) is 5.63. The van der Waals surface area contributed by atoms with E-state index in [-0.39, 0.29) is 0 Å². The van der Waals surface area contributed by atoms with Crippen molar-refractivity contribution in [3.63, 3.8) is 0 Å². The van der Waals surface area contributed by atoms with Gasteiger partial charge in [0.15, 0.2) is 11.4 Å². The Bertz CT molecular complexity index is 500. The number of para-hydroxylation sites is 2. The van der Waals surface area contributed by atoms with E-state index in [4.69, 9.17) is 5.84 Å². The number of hydrogen-bond acceptors (Lipinski definition) is 1. The molecule has 0 atom stereocenters. The first kappa shape index (κ1) is 9.58. The molecule has 2 nitrogen and oxygen atoms in total. The minimum absolute atomic E-state index is 0.423. The largest absolute Gasteiger partial charge is 0.184 e. The van der Waals surface area contributed by atoms with E-state index in [0.29, 0.717) is 4.59 Å². The Balaban J connectivity index is 2.39. The van der Waals surface area contributed by atoms with Crippen LogP contribution in [0.25, 0.3) is 11.1 Å². The quantitative estimate of drug-likeness (QED) is 0.569. The third kappa shape index (κ3) is 1.03. The second kappa shape index (κ2) is 3.17. The van der Waals surface area contributed by atoms with E-state index >= 15 is 0 Å². The minimum Gasteiger partial charge on any atom is -0.184 e. The average Bonchev–Trinajstić information content (AvgIpc) is 2.62. The first-order chi connectivity index (χ1) is 7.77. The lowest BCUT2D eigenvalue weighted by Gasteiger charge is -2.26. The highest BCUT2D eigenvalue weighted by Gasteiger charge is 2.39. The van der Waals surface area contributed by atoms with E-state index in [1.807, 2.05) is 0 Å². The second-order valence-electron chi connectivity index (χ2n) is 4.22. The Morgan fingerprint density at radius 1 is 0.875 bits per heavy atom. The number of rotatable bonds is 1. The van der Waals surface area contributed by atoms with Crippen LogP contribution >= 0.6 is 0 Å². The summed E-state index contributed by atoms with van der Waals surface area (Å²) in [7, 11) is 0. The molecule has 0 amide bonds. The summed E-state index contributed by atoms with van der Waals surface area (Å²) < 4.78 is 0.423. The van der Waals surface area contributed by atoms with E-state index in [1.54, 1.807) is 0 Å². The van der Waals surface area contributed by atoms with Gasteiger partial charge in [0.2, 0.25) is 0 Å². The number of nitrogens with two attached hydrogens (primary N) is 1. The Kier molecular flexibility index (Phi) is 1.90. The molecule has 0 saturated heterocycles. The highest BCUT2D eigenvalue weighted by atomic mass is 15.6. The average molecular weight is 211 g/mol. The fourth-order valence-corrected chi connectivity index (χ4v) is 2.57. The molecule has 2 aromatic carbocycles. The van der Waals surface area contributed by atoms with Gasteiger partial charge in [-0.25, -0.2) is 0 Å². The van der Waals surface area contributed by atoms with E-state index in [9.17, 15) is 0 Å². The van der Waals surface area contributed by atoms with Gasteiger partial charge in [0.25, 0.3) is 0 Å². The number of nitrogens with zero attached hydrogens (tertiary/aromatic N) is 1. The van der Waals surface area contributed by atoms with Crippen LogP contribution in [0.2, 0.25) is 0 Å². The topological polar surface area (TPSA) is 26.0 Å². The molecule has 0 spiro atoms. The van der Waals surface area contributed by atoms with Crippen LogP contribution < -0.4 is 10.4 Å². The molecule has 0 saturated carbocycles. The summed E-state index contributed by atoms with van der Waals surface area (Å²) in [4.78, 5) is 0. The first-order valence-electron chi connectivity index (χ1n) is 5.63. The molecule has 80 valence electrons. The fourth-order valence-electron chi connectivity index (χ4n) is 2.57. The van der Waals surface area contributed by atoms with Crippen LogP contribution in [-0.4, -0.2) is 6.54 Å². The summed E-state index contributed by atoms with van der Waals surface area (Å²) in [6.07, 6.45) is 0. The molecule has 2 aromatic rings. The molecule has 0 fully saturated rings. The van der Waals surface area contributed by atoms with Crippen molar-refractivity contribution in [1.82, 2.24) is 4.59 Å². The van der Waals surface area contributed by atoms with Gasteiger partial charge in [-0.2, -0.15) is 10.4 Å². The summed E-state index contributed by atoms with van der Waals surface area (Å²) >= 11 is 0. The Morgan fingerprint density at radius 3 is 1.75 bits per heavy atom. The van der Waals surface area contributed by atoms with Gasteiger partial charge in [-0.05, 0) is 19.1 Å². The van der Waals surface area contributed by atoms with Crippen LogP contribution in [0.15, 0.2) is 48.5 Å². The van der Waals surface area contributed by atoms with E-state index in [2.05, 4.69) is 55.5 Å². The lowest BCUT2D eigenvalue weighted by Crippen LogP contribution is -2.49. The Morgan fingerprint density at radius 2 is 1.31 bits per heavy atom. The van der Waals surface area contributed by atoms with Crippen LogP contribution in [0.5, 0.6) is 0 Å². The van der Waals surface area contributed by atoms with Crippen LogP contribution in [0.1, 0.15) is 6.92 Å². The molecule has 1 heterocycles. The third-order valence-corrected chi connectivity index (χ3v) is 3.46. The molecule has 0 radical (unpaired) electrons. The van der Waals surface area contributed by atoms with Crippen LogP contribution in [0, 0.1) is 0 Å². The lowest BCUT2D eigenvalue weighted by atomic mass is 10.1. The molecule has 0 bridgehead atoms. The van der Waals surface area contributed by atoms with Crippen molar-refractivity contribution in [2.45, 2.75) is 6.92 Å². The number of hydrogen-bond donors (Lipinski definition) is 1. The van der Waals surface area contributed by atoms with Crippen molar-refractivity contribution in [1.29, 1.82) is 0 Å². The summed E-state index contributed by atoms with van der Waals surface area (Å²) in [6.45, 7) is 2.99. The third-order valence-electron chi connectivity index (χ3n) is 3.46. The standard InChI is InChI=1S/C14H15N2/c1-2-16(15)13-9-5-3-7-11(13)12-8-4-6-10-14(12)16/h3-10H,2,15H2,1H3/q+1.